The molecule has 1 aromatic heterocycles. The lowest BCUT2D eigenvalue weighted by molar-refractivity contribution is -0.179. The Kier molecular flexibility index (Phi) is 18.3. The number of nitrogens with one attached hydrogen (secondary N) is 1. The number of hydrazone groups is 1. The Labute approximate surface area is 459 Å². The molecular formula is C52H57BClN7O14S2. The maximum atomic E-state index is 14.0. The number of hydrogen-bond acceptors (Lipinski definition) is 19. The average molecular weight is 1110 g/mol. The molecule has 3 saturated heterocycles. The van der Waals surface area contributed by atoms with Crippen molar-refractivity contribution in [3.63, 3.8) is 0 Å². The van der Waals surface area contributed by atoms with E-state index in [0.717, 1.165) is 34.1 Å². The molecule has 77 heavy (non-hydrogen) atoms. The topological polar surface area (TPSA) is 243 Å². The molecule has 3 aliphatic rings. The number of oxime groups is 1. The van der Waals surface area contributed by atoms with E-state index < -0.39 is 68.7 Å². The van der Waals surface area contributed by atoms with Crippen LogP contribution in [0.25, 0.3) is 0 Å². The van der Waals surface area contributed by atoms with Crippen LogP contribution in [-0.4, -0.2) is 143 Å². The van der Waals surface area contributed by atoms with E-state index in [2.05, 4.69) is 20.6 Å². The van der Waals surface area contributed by atoms with E-state index in [0.29, 0.717) is 22.3 Å². The highest BCUT2D eigenvalue weighted by Gasteiger charge is 2.66. The molecule has 4 aromatic rings. The van der Waals surface area contributed by atoms with Crippen LogP contribution in [-0.2, 0) is 51.4 Å². The van der Waals surface area contributed by atoms with Gasteiger partial charge < -0.3 is 43.4 Å². The number of esters is 1. The molecule has 4 amide bonds. The number of thioether (sulfide) groups is 1. The van der Waals surface area contributed by atoms with E-state index in [1.165, 1.54) is 41.1 Å². The summed E-state index contributed by atoms with van der Waals surface area (Å²) < 4.78 is 32.9. The van der Waals surface area contributed by atoms with Gasteiger partial charge in [0, 0.05) is 31.3 Å². The number of ether oxygens (including phenoxy) is 5. The fraction of sp³-hybridized carbons (Fsp3) is 0.423. The van der Waals surface area contributed by atoms with Gasteiger partial charge >= 0.3 is 26.0 Å². The first-order chi connectivity index (χ1) is 36.6. The number of aryl methyl sites for hydroxylation is 1. The number of hydrogen-bond donors (Lipinski definition) is 1. The average Bonchev–Trinajstić information content (AvgIpc) is 4.26. The van der Waals surface area contributed by atoms with Gasteiger partial charge in [-0.1, -0.05) is 52.8 Å². The number of carbonyl (C=O) groups is 7. The number of nitrogens with zero attached hydrogens (tertiary/aromatic N) is 6. The van der Waals surface area contributed by atoms with Crippen LogP contribution in [0.3, 0.4) is 0 Å². The molecule has 1 N–H and O–H groups in total. The molecule has 0 aliphatic carbocycles. The number of methoxy groups -OCH3 is 2. The highest BCUT2D eigenvalue weighted by Crippen LogP contribution is 2.53. The summed E-state index contributed by atoms with van der Waals surface area (Å²) in [4.78, 5) is 105. The molecule has 3 atom stereocenters. The number of halogens is 1. The number of thiazole rings is 1. The molecule has 4 heterocycles. The number of carbonyl (C=O) groups excluding carboxylic acids is 7. The van der Waals surface area contributed by atoms with Gasteiger partial charge in [-0.15, -0.1) is 11.3 Å². The zero-order chi connectivity index (χ0) is 55.8. The molecule has 0 unspecified atom stereocenters. The lowest BCUT2D eigenvalue weighted by Crippen LogP contribution is -2.59. The van der Waals surface area contributed by atoms with Gasteiger partial charge in [0.1, 0.15) is 36.0 Å². The van der Waals surface area contributed by atoms with Gasteiger partial charge in [-0.2, -0.15) is 5.10 Å². The summed E-state index contributed by atoms with van der Waals surface area (Å²) in [6.45, 7) is 9.64. The molecule has 3 aliphatic heterocycles. The van der Waals surface area contributed by atoms with Crippen molar-refractivity contribution < 1.29 is 66.7 Å². The summed E-state index contributed by atoms with van der Waals surface area (Å²) in [5.41, 5.74) is -0.702. The predicted molar refractivity (Wildman–Crippen MR) is 285 cm³/mol. The van der Waals surface area contributed by atoms with E-state index in [9.17, 15) is 33.6 Å². The second-order valence-electron chi connectivity index (χ2n) is 19.3. The lowest BCUT2D eigenvalue weighted by atomic mass is 9.90. The summed E-state index contributed by atoms with van der Waals surface area (Å²) in [6, 6.07) is 16.9. The maximum absolute atomic E-state index is 14.0. The highest BCUT2D eigenvalue weighted by molar-refractivity contribution is 8.02. The van der Waals surface area contributed by atoms with Crippen LogP contribution in [0.1, 0.15) is 86.1 Å². The third-order valence-electron chi connectivity index (χ3n) is 12.2. The second-order valence-corrected chi connectivity index (χ2v) is 22.2. The van der Waals surface area contributed by atoms with E-state index in [-0.39, 0.29) is 86.4 Å². The second kappa shape index (κ2) is 24.4. The molecule has 3 fully saturated rings. The number of amides is 4. The first-order valence-corrected chi connectivity index (χ1v) is 26.3. The predicted octanol–water partition coefficient (Wildman–Crippen LogP) is 6.44. The molecule has 0 bridgehead atoms. The zero-order valence-corrected chi connectivity index (χ0v) is 46.0. The highest BCUT2D eigenvalue weighted by atomic mass is 35.5. The fourth-order valence-electron chi connectivity index (χ4n) is 8.08. The number of ketones is 2. The van der Waals surface area contributed by atoms with Crippen molar-refractivity contribution >= 4 is 96.0 Å². The van der Waals surface area contributed by atoms with Crippen LogP contribution < -0.4 is 24.3 Å². The van der Waals surface area contributed by atoms with Crippen LogP contribution in [0.4, 0.5) is 4.79 Å². The largest absolute Gasteiger partial charge is 0.541 e. The van der Waals surface area contributed by atoms with Gasteiger partial charge in [0.05, 0.1) is 60.4 Å². The number of aromatic nitrogens is 1. The van der Waals surface area contributed by atoms with Crippen molar-refractivity contribution in [2.75, 3.05) is 40.4 Å². The Morgan fingerprint density at radius 2 is 1.57 bits per heavy atom. The Morgan fingerprint density at radius 1 is 0.922 bits per heavy atom. The molecule has 0 spiro atoms. The van der Waals surface area contributed by atoms with Gasteiger partial charge in [-0.05, 0) is 95.5 Å². The number of β-lactam (4-membered cyclic amide) rings is 1. The molecule has 0 saturated carbocycles. The Hall–Kier alpha value is -7.18. The third kappa shape index (κ3) is 13.5. The number of fused-ring (bicyclic) bond motifs is 1. The first-order valence-electron chi connectivity index (χ1n) is 24.2. The minimum absolute atomic E-state index is 0.0193. The molecule has 25 heteroatoms. The van der Waals surface area contributed by atoms with Crippen molar-refractivity contribution in [3.05, 3.63) is 98.5 Å². The van der Waals surface area contributed by atoms with Gasteiger partial charge in [-0.25, -0.2) is 19.6 Å². The van der Waals surface area contributed by atoms with Crippen molar-refractivity contribution in [2.24, 2.45) is 16.2 Å². The standard InChI is InChI=1S/C52H57BClN7O14S2/c1-30-57-38(28-76-30)42(58-75-51(5,6)47(66)73-50(2,3)4)39(63)24-37-45(65)59-29-52(48(67)74-53,77-46(37)59)60-22-23-61(49(60)68)56-25-33(62)10-9-21-55-44(64)36-19-20-40(71-26-31-11-15-34(69-7)16-12-31)43(41(36)54)72-27-32-13-17-35(70-8)18-14-32/h11-20,25,28,37,46H,9-10,21-24,26-27,29H2,1-8H3,(H,55,64)/b56-25+,58-42-/t37-,46-,52-/m1/s1. The van der Waals surface area contributed by atoms with E-state index >= 15 is 0 Å². The van der Waals surface area contributed by atoms with Crippen LogP contribution >= 0.6 is 34.7 Å². The van der Waals surface area contributed by atoms with Gasteiger partial charge in [0.25, 0.3) is 5.91 Å². The SMILES string of the molecule is [B]OC(=O)[C@@]1(N2CCN(/N=C/C(=O)CCCNC(=O)c3ccc(OCc4ccc(OC)cc4)c(OCc4ccc(OC)cc4)c3Cl)C2=O)CN2C(=O)[C@@H](CC(=O)/C(=N\OC(C)(C)C(=O)OC(C)(C)C)c3csc(C)n3)[C@H]2S1. The van der Waals surface area contributed by atoms with Crippen molar-refractivity contribution in [2.45, 2.75) is 95.5 Å². The summed E-state index contributed by atoms with van der Waals surface area (Å²) in [6.07, 6.45) is 0.737. The Bertz CT molecular complexity index is 2950. The quantitative estimate of drug-likeness (QED) is 0.0198. The molecule has 21 nitrogen and oxygen atoms in total. The van der Waals surface area contributed by atoms with E-state index in [4.69, 9.17) is 52.8 Å². The minimum Gasteiger partial charge on any atom is -0.541 e. The summed E-state index contributed by atoms with van der Waals surface area (Å²) in [5.74, 6) is -2.95. The fourth-order valence-corrected chi connectivity index (χ4v) is 10.7. The maximum Gasteiger partial charge on any atom is 0.378 e. The van der Waals surface area contributed by atoms with Crippen molar-refractivity contribution in [1.82, 2.24) is 25.1 Å². The van der Waals surface area contributed by atoms with E-state index in [1.54, 1.807) is 65.5 Å². The van der Waals surface area contributed by atoms with E-state index in [1.807, 2.05) is 36.4 Å². The Balaban J connectivity index is 0.941. The van der Waals surface area contributed by atoms with Crippen molar-refractivity contribution in [3.8, 4) is 23.0 Å². The third-order valence-corrected chi connectivity index (χ3v) is 15.1. The molecule has 406 valence electrons. The van der Waals surface area contributed by atoms with Crippen LogP contribution in [0.5, 0.6) is 23.0 Å². The summed E-state index contributed by atoms with van der Waals surface area (Å²) in [5, 5.41) is 13.4. The van der Waals surface area contributed by atoms with Gasteiger partial charge in [0.2, 0.25) is 16.4 Å². The molecule has 7 rings (SSSR count). The normalized spacial score (nSPS) is 18.4. The monoisotopic (exact) mass is 1110 g/mol. The van der Waals surface area contributed by atoms with Crippen LogP contribution in [0.15, 0.2) is 76.3 Å². The number of urea groups is 1. The summed E-state index contributed by atoms with van der Waals surface area (Å²) >= 11 is 9.02. The molecular weight excluding hydrogens is 1060 g/mol. The molecule has 3 aromatic carbocycles. The summed E-state index contributed by atoms with van der Waals surface area (Å²) in [7, 11) is 8.56. The number of benzene rings is 3. The lowest BCUT2D eigenvalue weighted by Gasteiger charge is -2.40. The van der Waals surface area contributed by atoms with Gasteiger partial charge in [0.15, 0.2) is 28.8 Å². The Morgan fingerprint density at radius 3 is 2.17 bits per heavy atom. The smallest absolute Gasteiger partial charge is 0.378 e. The van der Waals surface area contributed by atoms with Crippen molar-refractivity contribution in [1.29, 1.82) is 0 Å². The van der Waals surface area contributed by atoms with Crippen LogP contribution in [0, 0.1) is 12.8 Å². The van der Waals surface area contributed by atoms with Crippen LogP contribution in [0.2, 0.25) is 5.02 Å². The van der Waals surface area contributed by atoms with Gasteiger partial charge in [-0.3, -0.25) is 28.9 Å². The number of Topliss-reactive ketones (excluding diaryl/α,β-unsaturated/α-hetero) is 2. The zero-order valence-electron chi connectivity index (χ0n) is 43.6. The minimum atomic E-state index is -1.82. The number of rotatable bonds is 24. The first kappa shape index (κ1) is 57.5. The molecule has 2 radical (unpaired) electrons.